The first-order valence-electron chi connectivity index (χ1n) is 7.14. The molecule has 1 amide bonds. The number of carbonyl (C=O) groups is 1. The molecule has 0 aliphatic carbocycles. The molecule has 0 bridgehead atoms. The van der Waals surface area contributed by atoms with Gasteiger partial charge in [-0.25, -0.2) is 0 Å². The maximum Gasteiger partial charge on any atom is 0.415 e. The molecule has 0 heterocycles. The van der Waals surface area contributed by atoms with Crippen molar-refractivity contribution in [3.63, 3.8) is 0 Å². The zero-order valence-electron chi connectivity index (χ0n) is 13.2. The van der Waals surface area contributed by atoms with Gasteiger partial charge in [-0.1, -0.05) is 12.1 Å². The van der Waals surface area contributed by atoms with Gasteiger partial charge in [0.2, 0.25) is 5.91 Å². The van der Waals surface area contributed by atoms with E-state index in [0.29, 0.717) is 18.0 Å². The second kappa shape index (κ2) is 8.16. The van der Waals surface area contributed by atoms with E-state index < -0.39 is 30.8 Å². The number of aliphatic hydroxyl groups is 1. The number of rotatable bonds is 7. The van der Waals surface area contributed by atoms with Crippen LogP contribution in [0.3, 0.4) is 0 Å². The second-order valence-corrected chi connectivity index (χ2v) is 5.09. The Kier molecular flexibility index (Phi) is 6.83. The number of alkyl halides is 3. The van der Waals surface area contributed by atoms with Crippen LogP contribution in [0.2, 0.25) is 0 Å². The first-order valence-corrected chi connectivity index (χ1v) is 7.14. The van der Waals surface area contributed by atoms with Crippen LogP contribution in [0, 0.1) is 0 Å². The minimum atomic E-state index is -4.72. The molecule has 0 saturated carbocycles. The normalized spacial score (nSPS) is 14.4. The number of hydrogen-bond acceptors (Lipinski definition) is 4. The van der Waals surface area contributed by atoms with Gasteiger partial charge in [0.25, 0.3) is 0 Å². The number of anilines is 1. The molecule has 1 aromatic carbocycles. The van der Waals surface area contributed by atoms with Crippen LogP contribution in [-0.4, -0.2) is 54.4 Å². The highest BCUT2D eigenvalue weighted by atomic mass is 19.4. The highest BCUT2D eigenvalue weighted by Crippen LogP contribution is 2.24. The fourth-order valence-electron chi connectivity index (χ4n) is 1.82. The van der Waals surface area contributed by atoms with Gasteiger partial charge >= 0.3 is 6.18 Å². The molecule has 2 N–H and O–H groups in total. The summed E-state index contributed by atoms with van der Waals surface area (Å²) in [5, 5.41) is 11.7. The van der Waals surface area contributed by atoms with Gasteiger partial charge in [0.15, 0.2) is 6.10 Å². The predicted molar refractivity (Wildman–Crippen MR) is 80.4 cm³/mol. The van der Waals surface area contributed by atoms with Crippen LogP contribution in [0.5, 0.6) is 5.75 Å². The molecule has 2 unspecified atom stereocenters. The zero-order chi connectivity index (χ0) is 17.6. The quantitative estimate of drug-likeness (QED) is 0.803. The summed E-state index contributed by atoms with van der Waals surface area (Å²) in [4.78, 5) is 13.3. The van der Waals surface area contributed by atoms with Gasteiger partial charge in [0.05, 0.1) is 18.3 Å². The number of nitrogens with one attached hydrogen (secondary N) is 1. The molecule has 23 heavy (non-hydrogen) atoms. The maximum absolute atomic E-state index is 12.4. The lowest BCUT2D eigenvalue weighted by Crippen LogP contribution is -2.46. The lowest BCUT2D eigenvalue weighted by molar-refractivity contribution is -0.208. The Labute approximate surface area is 133 Å². The lowest BCUT2D eigenvalue weighted by atomic mass is 10.2. The Bertz CT molecular complexity index is 523. The van der Waals surface area contributed by atoms with Gasteiger partial charge in [-0.05, 0) is 33.0 Å². The maximum atomic E-state index is 12.4. The predicted octanol–water partition coefficient (Wildman–Crippen LogP) is 2.27. The molecule has 0 fully saturated rings. The first-order chi connectivity index (χ1) is 10.7. The van der Waals surface area contributed by atoms with Crippen molar-refractivity contribution in [2.24, 2.45) is 0 Å². The third kappa shape index (κ3) is 5.72. The van der Waals surface area contributed by atoms with Crippen LogP contribution < -0.4 is 10.1 Å². The number of nitrogens with zero attached hydrogens (tertiary/aromatic N) is 1. The van der Waals surface area contributed by atoms with E-state index in [0.717, 1.165) is 4.90 Å². The van der Waals surface area contributed by atoms with E-state index in [2.05, 4.69) is 5.32 Å². The Hall–Kier alpha value is -1.80. The number of aliphatic hydroxyl groups excluding tert-OH is 1. The fraction of sp³-hybridized carbons (Fsp3) is 0.533. The van der Waals surface area contributed by atoms with Gasteiger partial charge in [0.1, 0.15) is 5.75 Å². The molecule has 0 radical (unpaired) electrons. The minimum Gasteiger partial charge on any atom is -0.492 e. The molecule has 5 nitrogen and oxygen atoms in total. The van der Waals surface area contributed by atoms with Gasteiger partial charge in [-0.15, -0.1) is 0 Å². The summed E-state index contributed by atoms with van der Waals surface area (Å²) >= 11 is 0. The number of amides is 1. The van der Waals surface area contributed by atoms with Gasteiger partial charge in [0, 0.05) is 6.54 Å². The van der Waals surface area contributed by atoms with Gasteiger partial charge in [-0.3, -0.25) is 9.69 Å². The number of likely N-dealkylation sites (N-methyl/N-ethyl adjacent to an activating group) is 1. The molecule has 8 heteroatoms. The summed E-state index contributed by atoms with van der Waals surface area (Å²) in [5.41, 5.74) is 0.441. The molecular formula is C15H21F3N2O3. The molecule has 0 saturated heterocycles. The highest BCUT2D eigenvalue weighted by Gasteiger charge is 2.39. The number of halogens is 3. The van der Waals surface area contributed by atoms with Crippen LogP contribution in [0.4, 0.5) is 18.9 Å². The van der Waals surface area contributed by atoms with Crippen molar-refractivity contribution in [1.29, 1.82) is 0 Å². The van der Waals surface area contributed by atoms with Crippen molar-refractivity contribution in [2.75, 3.05) is 25.5 Å². The second-order valence-electron chi connectivity index (χ2n) is 5.09. The lowest BCUT2D eigenvalue weighted by Gasteiger charge is -2.27. The molecule has 130 valence electrons. The molecule has 0 aliphatic heterocycles. The Morgan fingerprint density at radius 2 is 2.00 bits per heavy atom. The highest BCUT2D eigenvalue weighted by molar-refractivity contribution is 5.95. The molecule has 2 atom stereocenters. The molecular weight excluding hydrogens is 313 g/mol. The van der Waals surface area contributed by atoms with Crippen LogP contribution in [0.25, 0.3) is 0 Å². The smallest absolute Gasteiger partial charge is 0.415 e. The summed E-state index contributed by atoms with van der Waals surface area (Å²) in [5.74, 6) is -0.0115. The van der Waals surface area contributed by atoms with E-state index in [-0.39, 0.29) is 0 Å². The van der Waals surface area contributed by atoms with Gasteiger partial charge in [-0.2, -0.15) is 13.2 Å². The van der Waals surface area contributed by atoms with E-state index in [1.54, 1.807) is 31.2 Å². The third-order valence-electron chi connectivity index (χ3n) is 3.32. The van der Waals surface area contributed by atoms with Crippen molar-refractivity contribution in [3.8, 4) is 5.75 Å². The number of benzene rings is 1. The third-order valence-corrected chi connectivity index (χ3v) is 3.32. The number of carbonyl (C=O) groups excluding carboxylic acids is 1. The van der Waals surface area contributed by atoms with E-state index in [9.17, 15) is 18.0 Å². The Morgan fingerprint density at radius 3 is 2.57 bits per heavy atom. The van der Waals surface area contributed by atoms with E-state index >= 15 is 0 Å². The van der Waals surface area contributed by atoms with Crippen molar-refractivity contribution in [3.05, 3.63) is 24.3 Å². The van der Waals surface area contributed by atoms with E-state index in [1.807, 2.05) is 0 Å². The monoisotopic (exact) mass is 334 g/mol. The topological polar surface area (TPSA) is 61.8 Å². The van der Waals surface area contributed by atoms with Crippen molar-refractivity contribution < 1.29 is 27.8 Å². The minimum absolute atomic E-state index is 0.417. The summed E-state index contributed by atoms with van der Waals surface area (Å²) in [6.45, 7) is 2.99. The molecule has 1 aromatic rings. The Balaban J connectivity index is 2.70. The van der Waals surface area contributed by atoms with Crippen molar-refractivity contribution >= 4 is 11.6 Å². The van der Waals surface area contributed by atoms with Gasteiger partial charge < -0.3 is 15.2 Å². The molecule has 0 spiro atoms. The van der Waals surface area contributed by atoms with Crippen LogP contribution in [0.15, 0.2) is 24.3 Å². The van der Waals surface area contributed by atoms with E-state index in [4.69, 9.17) is 9.84 Å². The van der Waals surface area contributed by atoms with Crippen LogP contribution >= 0.6 is 0 Å². The number of para-hydroxylation sites is 2. The average molecular weight is 334 g/mol. The number of hydrogen-bond donors (Lipinski definition) is 2. The SMILES string of the molecule is CCOc1ccccc1NC(=O)C(C)N(C)CC(O)C(F)(F)F. The summed E-state index contributed by atoms with van der Waals surface area (Å²) in [6.07, 6.45) is -7.22. The fourth-order valence-corrected chi connectivity index (χ4v) is 1.82. The number of ether oxygens (including phenoxy) is 1. The first kappa shape index (κ1) is 19.2. The van der Waals surface area contributed by atoms with Crippen LogP contribution in [0.1, 0.15) is 13.8 Å². The van der Waals surface area contributed by atoms with Crippen molar-refractivity contribution in [2.45, 2.75) is 32.2 Å². The summed E-state index contributed by atoms with van der Waals surface area (Å²) < 4.78 is 42.5. The standard InChI is InChI=1S/C15H21F3N2O3/c1-4-23-12-8-6-5-7-11(12)19-14(22)10(2)20(3)9-13(21)15(16,17)18/h5-8,10,13,21H,4,9H2,1-3H3,(H,19,22). The molecule has 0 aliphatic rings. The van der Waals surface area contributed by atoms with E-state index in [1.165, 1.54) is 14.0 Å². The zero-order valence-corrected chi connectivity index (χ0v) is 13.2. The van der Waals surface area contributed by atoms with Crippen LogP contribution in [-0.2, 0) is 4.79 Å². The Morgan fingerprint density at radius 1 is 1.39 bits per heavy atom. The molecule has 1 rings (SSSR count). The molecule has 0 aromatic heterocycles. The summed E-state index contributed by atoms with van der Waals surface area (Å²) in [7, 11) is 1.34. The summed E-state index contributed by atoms with van der Waals surface area (Å²) in [6, 6.07) is 5.92. The van der Waals surface area contributed by atoms with Crippen molar-refractivity contribution in [1.82, 2.24) is 4.90 Å². The largest absolute Gasteiger partial charge is 0.492 e. The average Bonchev–Trinajstić information content (AvgIpc) is 2.47.